The zero-order chi connectivity index (χ0) is 24.8. The number of pyridine rings is 1. The summed E-state index contributed by atoms with van der Waals surface area (Å²) in [6.07, 6.45) is -0.866. The summed E-state index contributed by atoms with van der Waals surface area (Å²) in [5.74, 6) is -0.358. The van der Waals surface area contributed by atoms with Crippen LogP contribution in [0.4, 0.5) is 17.6 Å². The molecule has 8 nitrogen and oxygen atoms in total. The van der Waals surface area contributed by atoms with Gasteiger partial charge in [0.15, 0.2) is 13.2 Å². The van der Waals surface area contributed by atoms with Gasteiger partial charge < -0.3 is 19.2 Å². The number of rotatable bonds is 8. The molecule has 0 aliphatic heterocycles. The molecule has 184 valence electrons. The second-order valence-electron chi connectivity index (χ2n) is 8.70. The minimum atomic E-state index is -4.53. The first kappa shape index (κ1) is 23.3. The summed E-state index contributed by atoms with van der Waals surface area (Å²) in [7, 11) is 0. The molecule has 2 aromatic heterocycles. The van der Waals surface area contributed by atoms with Crippen LogP contribution < -0.4 is 14.8 Å². The Morgan fingerprint density at radius 2 is 1.89 bits per heavy atom. The van der Waals surface area contributed by atoms with E-state index in [2.05, 4.69) is 20.5 Å². The number of aromatic nitrogens is 3. The van der Waals surface area contributed by atoms with Gasteiger partial charge in [-0.1, -0.05) is 11.6 Å². The molecule has 13 heteroatoms. The van der Waals surface area contributed by atoms with Crippen molar-refractivity contribution in [3.63, 3.8) is 0 Å². The molecule has 3 aliphatic carbocycles. The molecule has 2 bridgehead atoms. The van der Waals surface area contributed by atoms with Gasteiger partial charge in [0.25, 0.3) is 11.8 Å². The monoisotopic (exact) mass is 512 g/mol. The quantitative estimate of drug-likeness (QED) is 0.451. The van der Waals surface area contributed by atoms with Gasteiger partial charge in [-0.05, 0) is 37.5 Å². The second kappa shape index (κ2) is 8.36. The predicted molar refractivity (Wildman–Crippen MR) is 111 cm³/mol. The van der Waals surface area contributed by atoms with Crippen LogP contribution in [0, 0.1) is 5.82 Å². The van der Waals surface area contributed by atoms with Crippen LogP contribution in [0.25, 0.3) is 0 Å². The third-order valence-electron chi connectivity index (χ3n) is 6.02. The summed E-state index contributed by atoms with van der Waals surface area (Å²) >= 11 is 5.62. The molecule has 0 radical (unpaired) electrons. The number of halogens is 5. The molecule has 0 atom stereocenters. The number of hydrogen-bond acceptors (Lipinski definition) is 7. The van der Waals surface area contributed by atoms with E-state index in [0.29, 0.717) is 31.4 Å². The molecule has 3 saturated carbocycles. The summed E-state index contributed by atoms with van der Waals surface area (Å²) in [4.78, 5) is 15.8. The van der Waals surface area contributed by atoms with E-state index >= 15 is 0 Å². The Morgan fingerprint density at radius 3 is 2.60 bits per heavy atom. The van der Waals surface area contributed by atoms with Gasteiger partial charge >= 0.3 is 6.18 Å². The summed E-state index contributed by atoms with van der Waals surface area (Å²) in [6.45, 7) is -0.487. The van der Waals surface area contributed by atoms with Gasteiger partial charge in [0.1, 0.15) is 17.3 Å². The summed E-state index contributed by atoms with van der Waals surface area (Å²) in [5, 5.41) is 10.8. The molecule has 0 spiro atoms. The number of amides is 1. The molecular formula is C22H17ClF4N4O4. The molecule has 6 rings (SSSR count). The van der Waals surface area contributed by atoms with E-state index in [9.17, 15) is 22.4 Å². The molecule has 3 aromatic rings. The van der Waals surface area contributed by atoms with Gasteiger partial charge in [-0.25, -0.2) is 4.39 Å². The Hall–Kier alpha value is -3.41. The Labute approximate surface area is 200 Å². The molecule has 3 aliphatic rings. The van der Waals surface area contributed by atoms with Crippen LogP contribution in [0.2, 0.25) is 5.02 Å². The number of hydrogen-bond donors (Lipinski definition) is 1. The number of carbonyl (C=O) groups excluding carboxylic acids is 1. The van der Waals surface area contributed by atoms with E-state index < -0.39 is 17.6 Å². The van der Waals surface area contributed by atoms with Crippen LogP contribution >= 0.6 is 11.6 Å². The van der Waals surface area contributed by atoms with Gasteiger partial charge in [-0.3, -0.25) is 9.78 Å². The van der Waals surface area contributed by atoms with E-state index in [4.69, 9.17) is 25.5 Å². The minimum absolute atomic E-state index is 0.0376. The molecule has 0 unspecified atom stereocenters. The average Bonchev–Trinajstić information content (AvgIpc) is 3.23. The van der Waals surface area contributed by atoms with E-state index in [1.807, 2.05) is 0 Å². The van der Waals surface area contributed by atoms with Crippen LogP contribution in [0.1, 0.15) is 36.6 Å². The third kappa shape index (κ3) is 4.62. The van der Waals surface area contributed by atoms with Crippen molar-refractivity contribution in [2.75, 3.05) is 6.61 Å². The van der Waals surface area contributed by atoms with E-state index in [-0.39, 0.29) is 52.5 Å². The molecule has 1 aromatic carbocycles. The maximum Gasteiger partial charge on any atom is 0.418 e. The van der Waals surface area contributed by atoms with Gasteiger partial charge in [-0.2, -0.15) is 13.2 Å². The lowest BCUT2D eigenvalue weighted by atomic mass is 9.39. The van der Waals surface area contributed by atoms with Crippen LogP contribution in [-0.4, -0.2) is 33.2 Å². The number of nitrogens with zero attached hydrogens (tertiary/aromatic N) is 3. The lowest BCUT2D eigenvalue weighted by molar-refractivity contribution is -0.143. The van der Waals surface area contributed by atoms with E-state index in [1.54, 1.807) is 0 Å². The van der Waals surface area contributed by atoms with Gasteiger partial charge in [-0.15, -0.1) is 10.2 Å². The van der Waals surface area contributed by atoms with Crippen LogP contribution in [0.5, 0.6) is 11.5 Å². The van der Waals surface area contributed by atoms with Crippen molar-refractivity contribution in [2.45, 2.75) is 43.0 Å². The topological polar surface area (TPSA) is 99.4 Å². The van der Waals surface area contributed by atoms with Crippen LogP contribution in [0.15, 0.2) is 41.1 Å². The van der Waals surface area contributed by atoms with Crippen molar-refractivity contribution in [1.29, 1.82) is 0 Å². The first-order chi connectivity index (χ1) is 16.6. The van der Waals surface area contributed by atoms with Crippen LogP contribution in [-0.2, 0) is 23.0 Å². The Kier molecular flexibility index (Phi) is 5.58. The lowest BCUT2D eigenvalue weighted by Gasteiger charge is -2.68. The smallest absolute Gasteiger partial charge is 0.418 e. The number of nitrogens with one attached hydrogen (secondary N) is 1. The first-order valence-corrected chi connectivity index (χ1v) is 10.8. The summed E-state index contributed by atoms with van der Waals surface area (Å²) < 4.78 is 68.1. The number of alkyl halides is 3. The first-order valence-electron chi connectivity index (χ1n) is 10.4. The maximum atomic E-state index is 13.5. The van der Waals surface area contributed by atoms with Crippen LogP contribution in [0.3, 0.4) is 0 Å². The van der Waals surface area contributed by atoms with E-state index in [1.165, 1.54) is 12.1 Å². The number of benzene rings is 1. The highest BCUT2D eigenvalue weighted by molar-refractivity contribution is 6.30. The zero-order valence-corrected chi connectivity index (χ0v) is 18.6. The van der Waals surface area contributed by atoms with Gasteiger partial charge in [0, 0.05) is 17.8 Å². The van der Waals surface area contributed by atoms with Crippen molar-refractivity contribution < 1.29 is 36.2 Å². The second-order valence-corrected chi connectivity index (χ2v) is 9.11. The normalized spacial score (nSPS) is 22.7. The molecule has 35 heavy (non-hydrogen) atoms. The molecule has 1 amide bonds. The lowest BCUT2D eigenvalue weighted by Crippen LogP contribution is -2.77. The molecular weight excluding hydrogens is 496 g/mol. The molecule has 2 heterocycles. The Balaban J connectivity index is 1.10. The van der Waals surface area contributed by atoms with Gasteiger partial charge in [0.05, 0.1) is 22.2 Å². The third-order valence-corrected chi connectivity index (χ3v) is 6.33. The summed E-state index contributed by atoms with van der Waals surface area (Å²) in [5.41, 5.74) is -1.66. The van der Waals surface area contributed by atoms with Crippen molar-refractivity contribution in [3.8, 4) is 11.5 Å². The van der Waals surface area contributed by atoms with E-state index in [0.717, 1.165) is 18.3 Å². The minimum Gasteiger partial charge on any atom is -0.484 e. The zero-order valence-electron chi connectivity index (χ0n) is 17.9. The number of ether oxygens (including phenoxy) is 2. The fraction of sp³-hybridized carbons (Fsp3) is 0.364. The SMILES string of the molecule is O=C(COc1ccc(Cl)c(F)c1)NC12CC(c3nnc(COc4cncc(C(F)(F)F)c4)o3)(C1)C2. The molecule has 3 fully saturated rings. The highest BCUT2D eigenvalue weighted by Gasteiger charge is 2.71. The fourth-order valence-corrected chi connectivity index (χ4v) is 4.64. The highest BCUT2D eigenvalue weighted by Crippen LogP contribution is 2.67. The van der Waals surface area contributed by atoms with Gasteiger partial charge in [0.2, 0.25) is 5.89 Å². The van der Waals surface area contributed by atoms with Crippen molar-refractivity contribution in [3.05, 3.63) is 64.8 Å². The van der Waals surface area contributed by atoms with Crippen molar-refractivity contribution in [2.24, 2.45) is 0 Å². The van der Waals surface area contributed by atoms with Crippen molar-refractivity contribution >= 4 is 17.5 Å². The predicted octanol–water partition coefficient (Wildman–Crippen LogP) is 4.22. The molecule has 0 saturated heterocycles. The highest BCUT2D eigenvalue weighted by atomic mass is 35.5. The fourth-order valence-electron chi connectivity index (χ4n) is 4.52. The standard InChI is InChI=1S/C22H17ClF4N4O4/c23-15-2-1-13(4-16(15)24)33-7-17(32)29-21-9-20(10-21,11-21)19-31-30-18(35-19)8-34-14-3-12(5-28-6-14)22(25,26)27/h1-6H,7-11H2,(H,29,32). The molecule has 1 N–H and O–H groups in total. The number of carbonyl (C=O) groups is 1. The Bertz CT molecular complexity index is 1260. The maximum absolute atomic E-state index is 13.5. The largest absolute Gasteiger partial charge is 0.484 e. The Morgan fingerprint density at radius 1 is 1.11 bits per heavy atom. The van der Waals surface area contributed by atoms with Crippen molar-refractivity contribution in [1.82, 2.24) is 20.5 Å². The average molecular weight is 513 g/mol. The summed E-state index contributed by atoms with van der Waals surface area (Å²) in [6, 6.07) is 4.75.